The summed E-state index contributed by atoms with van der Waals surface area (Å²) in [5.74, 6) is -1.39. The molecule has 0 bridgehead atoms. The predicted molar refractivity (Wildman–Crippen MR) is 98.3 cm³/mol. The maximum absolute atomic E-state index is 13.7. The van der Waals surface area contributed by atoms with Crippen molar-refractivity contribution in [2.24, 2.45) is 0 Å². The number of sulfone groups is 1. The van der Waals surface area contributed by atoms with Gasteiger partial charge < -0.3 is 0 Å². The summed E-state index contributed by atoms with van der Waals surface area (Å²) >= 11 is 0. The van der Waals surface area contributed by atoms with Gasteiger partial charge in [0.2, 0.25) is 9.84 Å². The lowest BCUT2D eigenvalue weighted by molar-refractivity contribution is 0.581. The molecule has 0 fully saturated rings. The minimum atomic E-state index is -3.83. The highest BCUT2D eigenvalue weighted by atomic mass is 32.2. The van der Waals surface area contributed by atoms with Gasteiger partial charge in [-0.2, -0.15) is 5.26 Å². The highest BCUT2D eigenvalue weighted by molar-refractivity contribution is 7.91. The number of nitrogens with zero attached hydrogens (tertiary/aromatic N) is 1. The number of rotatable bonds is 4. The van der Waals surface area contributed by atoms with Crippen molar-refractivity contribution in [1.29, 1.82) is 5.26 Å². The molecule has 0 saturated carbocycles. The van der Waals surface area contributed by atoms with Crippen LogP contribution in [0.4, 0.5) is 8.78 Å². The first kappa shape index (κ1) is 18.5. The van der Waals surface area contributed by atoms with Crippen LogP contribution in [0.3, 0.4) is 0 Å². The van der Waals surface area contributed by atoms with Crippen molar-refractivity contribution in [3.05, 3.63) is 95.1 Å². The van der Waals surface area contributed by atoms with E-state index in [0.29, 0.717) is 5.56 Å². The van der Waals surface area contributed by atoms with Gasteiger partial charge >= 0.3 is 0 Å². The van der Waals surface area contributed by atoms with Gasteiger partial charge in [-0.1, -0.05) is 36.4 Å². The lowest BCUT2D eigenvalue weighted by atomic mass is 10.1. The summed E-state index contributed by atoms with van der Waals surface area (Å²) in [6, 6.07) is 17.2. The van der Waals surface area contributed by atoms with Gasteiger partial charge in [-0.25, -0.2) is 17.2 Å². The average Bonchev–Trinajstić information content (AvgIpc) is 2.67. The molecule has 3 aromatic carbocycles. The molecule has 0 spiro atoms. The smallest absolute Gasteiger partial charge is 0.207 e. The molecule has 3 rings (SSSR count). The molecule has 0 amide bonds. The molecule has 0 aliphatic carbocycles. The first-order valence-electron chi connectivity index (χ1n) is 7.89. The Morgan fingerprint density at radius 3 is 2.30 bits per heavy atom. The molecule has 0 N–H and O–H groups in total. The van der Waals surface area contributed by atoms with E-state index < -0.39 is 21.5 Å². The molecule has 134 valence electrons. The van der Waals surface area contributed by atoms with E-state index in [9.17, 15) is 22.5 Å². The summed E-state index contributed by atoms with van der Waals surface area (Å²) in [4.78, 5) is -0.000474. The van der Waals surface area contributed by atoms with E-state index in [1.807, 2.05) is 6.07 Å². The van der Waals surface area contributed by atoms with Gasteiger partial charge in [0.05, 0.1) is 15.4 Å². The van der Waals surface area contributed by atoms with Crippen LogP contribution in [0.25, 0.3) is 12.2 Å². The van der Waals surface area contributed by atoms with Crippen molar-refractivity contribution in [1.82, 2.24) is 0 Å². The zero-order valence-corrected chi connectivity index (χ0v) is 14.7. The van der Waals surface area contributed by atoms with Gasteiger partial charge in [0.25, 0.3) is 0 Å². The molecule has 6 heteroatoms. The van der Waals surface area contributed by atoms with Crippen molar-refractivity contribution >= 4 is 22.0 Å². The maximum Gasteiger partial charge on any atom is 0.207 e. The second kappa shape index (κ2) is 7.52. The number of hydrogen-bond donors (Lipinski definition) is 0. The molecule has 0 heterocycles. The first-order chi connectivity index (χ1) is 12.9. The van der Waals surface area contributed by atoms with Crippen molar-refractivity contribution in [2.75, 3.05) is 0 Å². The molecule has 0 atom stereocenters. The van der Waals surface area contributed by atoms with E-state index in [1.54, 1.807) is 18.2 Å². The Bertz CT molecular complexity index is 1160. The van der Waals surface area contributed by atoms with E-state index in [-0.39, 0.29) is 20.9 Å². The van der Waals surface area contributed by atoms with Crippen molar-refractivity contribution in [3.8, 4) is 6.07 Å². The standard InChI is InChI=1S/C21H13F2NO2S/c22-18-10-9-16(20(23)13-18)8-6-15-7-11-21(17(12-15)14-24)27(25,26)19-4-2-1-3-5-19/h1-13H. The van der Waals surface area contributed by atoms with Crippen molar-refractivity contribution in [3.63, 3.8) is 0 Å². The van der Waals surface area contributed by atoms with Crippen LogP contribution < -0.4 is 0 Å². The molecule has 0 saturated heterocycles. The summed E-state index contributed by atoms with van der Waals surface area (Å²) in [6.07, 6.45) is 2.95. The molecular formula is C21H13F2NO2S. The van der Waals surface area contributed by atoms with Gasteiger partial charge in [0.15, 0.2) is 0 Å². The molecule has 0 radical (unpaired) electrons. The Labute approximate surface area is 155 Å². The number of benzene rings is 3. The van der Waals surface area contributed by atoms with Crippen LogP contribution >= 0.6 is 0 Å². The average molecular weight is 381 g/mol. The second-order valence-electron chi connectivity index (χ2n) is 5.68. The van der Waals surface area contributed by atoms with Gasteiger partial charge in [-0.05, 0) is 42.0 Å². The van der Waals surface area contributed by atoms with Crippen LogP contribution in [-0.4, -0.2) is 8.42 Å². The van der Waals surface area contributed by atoms with Gasteiger partial charge in [-0.3, -0.25) is 0 Å². The molecule has 3 aromatic rings. The summed E-state index contributed by atoms with van der Waals surface area (Å²) in [6.45, 7) is 0. The van der Waals surface area contributed by atoms with Gasteiger partial charge in [-0.15, -0.1) is 0 Å². The molecular weight excluding hydrogens is 368 g/mol. The van der Waals surface area contributed by atoms with Crippen LogP contribution in [0.15, 0.2) is 76.5 Å². The molecule has 3 nitrogen and oxygen atoms in total. The third-order valence-electron chi connectivity index (χ3n) is 3.88. The highest BCUT2D eigenvalue weighted by Crippen LogP contribution is 2.25. The number of halogens is 2. The lowest BCUT2D eigenvalue weighted by Crippen LogP contribution is -2.04. The quantitative estimate of drug-likeness (QED) is 0.608. The zero-order chi connectivity index (χ0) is 19.4. The third-order valence-corrected chi connectivity index (χ3v) is 5.71. The van der Waals surface area contributed by atoms with E-state index in [0.717, 1.165) is 12.1 Å². The van der Waals surface area contributed by atoms with Crippen LogP contribution in [0, 0.1) is 23.0 Å². The SMILES string of the molecule is N#Cc1cc(C=Cc2ccc(F)cc2F)ccc1S(=O)(=O)c1ccccc1. The number of nitriles is 1. The minimum Gasteiger partial charge on any atom is -0.218 e. The van der Waals surface area contributed by atoms with E-state index >= 15 is 0 Å². The predicted octanol–water partition coefficient (Wildman–Crippen LogP) is 4.84. The van der Waals surface area contributed by atoms with Crippen LogP contribution in [-0.2, 0) is 9.84 Å². The van der Waals surface area contributed by atoms with Crippen LogP contribution in [0.5, 0.6) is 0 Å². The molecule has 27 heavy (non-hydrogen) atoms. The third kappa shape index (κ3) is 3.94. The van der Waals surface area contributed by atoms with E-state index in [4.69, 9.17) is 0 Å². The second-order valence-corrected chi connectivity index (χ2v) is 7.60. The van der Waals surface area contributed by atoms with E-state index in [2.05, 4.69) is 0 Å². The normalized spacial score (nSPS) is 11.4. The largest absolute Gasteiger partial charge is 0.218 e. The zero-order valence-electron chi connectivity index (χ0n) is 13.9. The Kier molecular flexibility index (Phi) is 5.15. The summed E-state index contributed by atoms with van der Waals surface area (Å²) < 4.78 is 52.1. The molecule has 0 unspecified atom stereocenters. The minimum absolute atomic E-state index is 0.0134. The molecule has 0 aliphatic heterocycles. The van der Waals surface area contributed by atoms with Crippen LogP contribution in [0.2, 0.25) is 0 Å². The molecule has 0 aromatic heterocycles. The Balaban J connectivity index is 1.98. The highest BCUT2D eigenvalue weighted by Gasteiger charge is 2.21. The Morgan fingerprint density at radius 2 is 1.63 bits per heavy atom. The van der Waals surface area contributed by atoms with Gasteiger partial charge in [0.1, 0.15) is 17.7 Å². The maximum atomic E-state index is 13.7. The fourth-order valence-corrected chi connectivity index (χ4v) is 3.93. The lowest BCUT2D eigenvalue weighted by Gasteiger charge is -2.07. The molecule has 0 aliphatic rings. The monoisotopic (exact) mass is 381 g/mol. The van der Waals surface area contributed by atoms with E-state index in [1.165, 1.54) is 48.6 Å². The van der Waals surface area contributed by atoms with Crippen molar-refractivity contribution < 1.29 is 17.2 Å². The Morgan fingerprint density at radius 1 is 0.889 bits per heavy atom. The first-order valence-corrected chi connectivity index (χ1v) is 9.37. The van der Waals surface area contributed by atoms with Gasteiger partial charge in [0, 0.05) is 11.6 Å². The summed E-state index contributed by atoms with van der Waals surface area (Å²) in [5.41, 5.74) is 0.679. The van der Waals surface area contributed by atoms with Crippen LogP contribution in [0.1, 0.15) is 16.7 Å². The fourth-order valence-electron chi connectivity index (χ4n) is 2.52. The van der Waals surface area contributed by atoms with Crippen molar-refractivity contribution in [2.45, 2.75) is 9.79 Å². The summed E-state index contributed by atoms with van der Waals surface area (Å²) in [7, 11) is -3.83. The number of hydrogen-bond acceptors (Lipinski definition) is 3. The summed E-state index contributed by atoms with van der Waals surface area (Å²) in [5, 5.41) is 9.37. The topological polar surface area (TPSA) is 57.9 Å². The Hall–Kier alpha value is -3.30. The fraction of sp³-hybridized carbons (Fsp3) is 0.